The molecule has 4 nitrogen and oxygen atoms in total. The molecule has 0 aliphatic carbocycles. The second kappa shape index (κ2) is 10.5. The Labute approximate surface area is 234 Å². The molecular formula is C34H32N4S. The van der Waals surface area contributed by atoms with Crippen LogP contribution in [0.2, 0.25) is 0 Å². The van der Waals surface area contributed by atoms with Gasteiger partial charge in [0, 0.05) is 29.9 Å². The molecule has 1 aliphatic rings. The molecule has 0 fully saturated rings. The van der Waals surface area contributed by atoms with Gasteiger partial charge in [-0.3, -0.25) is 0 Å². The van der Waals surface area contributed by atoms with Gasteiger partial charge in [-0.2, -0.15) is 0 Å². The van der Waals surface area contributed by atoms with E-state index < -0.39 is 0 Å². The van der Waals surface area contributed by atoms with Gasteiger partial charge in [-0.05, 0) is 77.9 Å². The fourth-order valence-electron chi connectivity index (χ4n) is 5.45. The number of thiazole rings is 1. The second-order valence-corrected chi connectivity index (χ2v) is 11.0. The molecule has 0 bridgehead atoms. The first kappa shape index (κ1) is 25.1. The van der Waals surface area contributed by atoms with Crippen molar-refractivity contribution in [3.63, 3.8) is 0 Å². The van der Waals surface area contributed by atoms with Gasteiger partial charge in [0.1, 0.15) is 5.82 Å². The van der Waals surface area contributed by atoms with Gasteiger partial charge >= 0.3 is 0 Å². The Morgan fingerprint density at radius 1 is 1.03 bits per heavy atom. The van der Waals surface area contributed by atoms with Crippen LogP contribution in [0.4, 0.5) is 10.9 Å². The van der Waals surface area contributed by atoms with Crippen LogP contribution in [0.3, 0.4) is 0 Å². The van der Waals surface area contributed by atoms with Crippen molar-refractivity contribution in [2.75, 3.05) is 16.8 Å². The molecule has 0 radical (unpaired) electrons. The van der Waals surface area contributed by atoms with Gasteiger partial charge in [0.15, 0.2) is 5.13 Å². The smallest absolute Gasteiger partial charge is 0.188 e. The van der Waals surface area contributed by atoms with E-state index in [2.05, 4.69) is 91.8 Å². The molecule has 194 valence electrons. The van der Waals surface area contributed by atoms with Crippen LogP contribution in [0.5, 0.6) is 0 Å². The number of nitrogens with one attached hydrogen (secondary N) is 1. The number of para-hydroxylation sites is 1. The normalized spacial score (nSPS) is 12.8. The first-order valence-electron chi connectivity index (χ1n) is 13.4. The lowest BCUT2D eigenvalue weighted by Gasteiger charge is -2.32. The highest BCUT2D eigenvalue weighted by Crippen LogP contribution is 2.34. The van der Waals surface area contributed by atoms with E-state index in [0.717, 1.165) is 69.6 Å². The zero-order valence-corrected chi connectivity index (χ0v) is 23.3. The minimum atomic E-state index is 0.777. The molecule has 0 amide bonds. The van der Waals surface area contributed by atoms with E-state index in [1.165, 1.54) is 27.8 Å². The number of fused-ring (bicyclic) bond motifs is 2. The Morgan fingerprint density at radius 2 is 1.87 bits per heavy atom. The van der Waals surface area contributed by atoms with Gasteiger partial charge in [-0.15, -0.1) is 0 Å². The minimum Gasteiger partial charge on any atom is -0.352 e. The largest absolute Gasteiger partial charge is 0.352 e. The van der Waals surface area contributed by atoms with Crippen LogP contribution in [0, 0.1) is 6.92 Å². The van der Waals surface area contributed by atoms with Gasteiger partial charge in [0.05, 0.1) is 15.9 Å². The van der Waals surface area contributed by atoms with Crippen molar-refractivity contribution in [3.05, 3.63) is 119 Å². The van der Waals surface area contributed by atoms with E-state index in [0.29, 0.717) is 0 Å². The highest BCUT2D eigenvalue weighted by atomic mass is 32.1. The number of rotatable bonds is 7. The number of hydrogen-bond acceptors (Lipinski definition) is 5. The average Bonchev–Trinajstić information content (AvgIpc) is 3.38. The zero-order valence-electron chi connectivity index (χ0n) is 22.5. The highest BCUT2D eigenvalue weighted by molar-refractivity contribution is 7.22. The lowest BCUT2D eigenvalue weighted by atomic mass is 9.93. The first-order valence-corrected chi connectivity index (χ1v) is 14.3. The van der Waals surface area contributed by atoms with Gasteiger partial charge in [-0.1, -0.05) is 79.9 Å². The Hall–Kier alpha value is -4.22. The summed E-state index contributed by atoms with van der Waals surface area (Å²) in [5, 5.41) is 4.34. The van der Waals surface area contributed by atoms with Crippen LogP contribution in [0.1, 0.15) is 40.4 Å². The van der Waals surface area contributed by atoms with E-state index in [-0.39, 0.29) is 0 Å². The standard InChI is InChI=1S/C34H32N4S/c1-5-24-14-15-26(22(3)20-24)28-16-17-33(36-30(28)6-2)38-19-18-25-10-9-11-27(29(25)21-38)23(4)35-34-37-31-12-7-8-13-32(31)39-34/h6-17,20H,2,4-5,18-19,21H2,1,3H3,(H,35,37). The number of anilines is 2. The van der Waals surface area contributed by atoms with Crippen LogP contribution in [-0.4, -0.2) is 16.5 Å². The Kier molecular flexibility index (Phi) is 6.76. The first-order chi connectivity index (χ1) is 19.0. The second-order valence-electron chi connectivity index (χ2n) is 10.0. The molecule has 39 heavy (non-hydrogen) atoms. The predicted octanol–water partition coefficient (Wildman–Crippen LogP) is 8.52. The van der Waals surface area contributed by atoms with Crippen molar-refractivity contribution in [3.8, 4) is 11.1 Å². The van der Waals surface area contributed by atoms with Crippen LogP contribution >= 0.6 is 11.3 Å². The molecule has 0 atom stereocenters. The van der Waals surface area contributed by atoms with Crippen molar-refractivity contribution in [2.45, 2.75) is 33.2 Å². The SMILES string of the molecule is C=Cc1nc(N2CCc3cccc(C(=C)Nc4nc5ccccc5s4)c3C2)ccc1-c1ccc(CC)cc1C. The van der Waals surface area contributed by atoms with Crippen molar-refractivity contribution >= 4 is 44.3 Å². The summed E-state index contributed by atoms with van der Waals surface area (Å²) in [6.07, 6.45) is 3.87. The quantitative estimate of drug-likeness (QED) is 0.230. The number of aryl methyl sites for hydroxylation is 2. The van der Waals surface area contributed by atoms with Gasteiger partial charge in [0.2, 0.25) is 0 Å². The molecule has 0 saturated carbocycles. The number of benzene rings is 3. The van der Waals surface area contributed by atoms with Gasteiger partial charge in [-0.25, -0.2) is 9.97 Å². The fraction of sp³-hybridized carbons (Fsp3) is 0.176. The maximum absolute atomic E-state index is 5.08. The van der Waals surface area contributed by atoms with Crippen LogP contribution in [0.15, 0.2) is 86.0 Å². The third-order valence-corrected chi connectivity index (χ3v) is 8.52. The maximum Gasteiger partial charge on any atom is 0.188 e. The third-order valence-electron chi connectivity index (χ3n) is 7.57. The van der Waals surface area contributed by atoms with E-state index in [9.17, 15) is 0 Å². The minimum absolute atomic E-state index is 0.777. The lowest BCUT2D eigenvalue weighted by molar-refractivity contribution is 0.719. The summed E-state index contributed by atoms with van der Waals surface area (Å²) in [4.78, 5) is 12.2. The number of pyridine rings is 1. The number of nitrogens with zero attached hydrogens (tertiary/aromatic N) is 3. The summed E-state index contributed by atoms with van der Waals surface area (Å²) in [7, 11) is 0. The monoisotopic (exact) mass is 528 g/mol. The molecule has 1 aliphatic heterocycles. The molecule has 0 saturated heterocycles. The summed E-state index contributed by atoms with van der Waals surface area (Å²) in [5.74, 6) is 0.974. The van der Waals surface area contributed by atoms with Crippen LogP contribution in [-0.2, 0) is 19.4 Å². The molecule has 2 aromatic heterocycles. The highest BCUT2D eigenvalue weighted by Gasteiger charge is 2.22. The molecule has 0 unspecified atom stereocenters. The lowest BCUT2D eigenvalue weighted by Crippen LogP contribution is -2.32. The Balaban J connectivity index is 1.27. The van der Waals surface area contributed by atoms with Crippen molar-refractivity contribution in [1.82, 2.24) is 9.97 Å². The summed E-state index contributed by atoms with van der Waals surface area (Å²) in [6, 6.07) is 25.8. The summed E-state index contributed by atoms with van der Waals surface area (Å²) < 4.78 is 1.16. The summed E-state index contributed by atoms with van der Waals surface area (Å²) >= 11 is 1.65. The summed E-state index contributed by atoms with van der Waals surface area (Å²) in [6.45, 7) is 14.5. The molecule has 1 N–H and O–H groups in total. The van der Waals surface area contributed by atoms with Crippen molar-refractivity contribution in [1.29, 1.82) is 0 Å². The molecule has 5 aromatic rings. The van der Waals surface area contributed by atoms with E-state index in [1.54, 1.807) is 11.3 Å². The fourth-order valence-corrected chi connectivity index (χ4v) is 6.34. The average molecular weight is 529 g/mol. The van der Waals surface area contributed by atoms with E-state index in [1.807, 2.05) is 24.3 Å². The molecular weight excluding hydrogens is 496 g/mol. The van der Waals surface area contributed by atoms with Crippen molar-refractivity contribution in [2.24, 2.45) is 0 Å². The van der Waals surface area contributed by atoms with Gasteiger partial charge in [0.25, 0.3) is 0 Å². The Morgan fingerprint density at radius 3 is 2.67 bits per heavy atom. The number of aromatic nitrogens is 2. The van der Waals surface area contributed by atoms with E-state index >= 15 is 0 Å². The molecule has 5 heteroatoms. The molecule has 6 rings (SSSR count). The predicted molar refractivity (Wildman–Crippen MR) is 167 cm³/mol. The topological polar surface area (TPSA) is 41.1 Å². The molecule has 3 heterocycles. The molecule has 0 spiro atoms. The van der Waals surface area contributed by atoms with Gasteiger partial charge < -0.3 is 10.2 Å². The maximum atomic E-state index is 5.08. The van der Waals surface area contributed by atoms with Crippen LogP contribution in [0.25, 0.3) is 33.1 Å². The van der Waals surface area contributed by atoms with Crippen LogP contribution < -0.4 is 10.2 Å². The van der Waals surface area contributed by atoms with Crippen molar-refractivity contribution < 1.29 is 0 Å². The molecule has 3 aromatic carbocycles. The van der Waals surface area contributed by atoms with E-state index in [4.69, 9.17) is 9.97 Å². The Bertz CT molecular complexity index is 1680. The summed E-state index contributed by atoms with van der Waals surface area (Å²) in [5.41, 5.74) is 11.5. The zero-order chi connectivity index (χ0) is 26.9. The number of hydrogen-bond donors (Lipinski definition) is 1. The third kappa shape index (κ3) is 4.86.